The molecule has 1 spiro atoms. The molecule has 7 heteroatoms. The van der Waals surface area contributed by atoms with Crippen molar-refractivity contribution in [3.05, 3.63) is 65.2 Å². The van der Waals surface area contributed by atoms with Crippen LogP contribution < -0.4 is 22.5 Å². The Balaban J connectivity index is 0.00000308. The molecule has 6 rings (SSSR count). The fourth-order valence-corrected chi connectivity index (χ4v) is 8.31. The fourth-order valence-electron chi connectivity index (χ4n) is 8.31. The maximum atomic E-state index is 14.7. The highest BCUT2D eigenvalue weighted by Crippen LogP contribution is 2.50. The first-order valence-corrected chi connectivity index (χ1v) is 14.5. The van der Waals surface area contributed by atoms with Crippen molar-refractivity contribution in [1.29, 1.82) is 0 Å². The number of amides is 1. The van der Waals surface area contributed by atoms with Gasteiger partial charge in [0.15, 0.2) is 0 Å². The number of ether oxygens (including phenoxy) is 1. The van der Waals surface area contributed by atoms with Crippen LogP contribution in [0.15, 0.2) is 48.5 Å². The number of hydrogen-bond donors (Lipinski definition) is 1. The lowest BCUT2D eigenvalue weighted by molar-refractivity contribution is -0.145. The van der Waals surface area contributed by atoms with Crippen molar-refractivity contribution in [2.45, 2.75) is 81.1 Å². The van der Waals surface area contributed by atoms with Gasteiger partial charge in [-0.2, -0.15) is 0 Å². The summed E-state index contributed by atoms with van der Waals surface area (Å²) in [5, 5.41) is 3.57. The highest BCUT2D eigenvalue weighted by Gasteiger charge is 2.53. The van der Waals surface area contributed by atoms with E-state index < -0.39 is 5.92 Å². The Hall–Kier alpha value is -2.18. The zero-order valence-electron chi connectivity index (χ0n) is 22.8. The SMILES string of the molecule is COc1cccc2c1CCCC21CNCC1C(=O)N1CCC(c2ccccc2)CC1C1CCCC(F)(F)C1.[Cl-]. The number of carbonyl (C=O) groups is 1. The number of piperidine rings is 1. The molecule has 1 amide bonds. The highest BCUT2D eigenvalue weighted by molar-refractivity contribution is 5.82. The van der Waals surface area contributed by atoms with Crippen molar-refractivity contribution in [1.82, 2.24) is 10.2 Å². The predicted octanol–water partition coefficient (Wildman–Crippen LogP) is 3.09. The van der Waals surface area contributed by atoms with Crippen molar-refractivity contribution in [3.8, 4) is 5.75 Å². The summed E-state index contributed by atoms with van der Waals surface area (Å²) < 4.78 is 35.0. The number of carbonyl (C=O) groups excluding carboxylic acids is 1. The van der Waals surface area contributed by atoms with Crippen molar-refractivity contribution in [2.24, 2.45) is 11.8 Å². The third-order valence-corrected chi connectivity index (χ3v) is 10.1. The van der Waals surface area contributed by atoms with Crippen LogP contribution in [0.4, 0.5) is 8.78 Å². The molecule has 39 heavy (non-hydrogen) atoms. The minimum absolute atomic E-state index is 0. The number of hydrogen-bond acceptors (Lipinski definition) is 3. The highest BCUT2D eigenvalue weighted by atomic mass is 35.5. The molecule has 4 nitrogen and oxygen atoms in total. The number of nitrogens with one attached hydrogen (secondary N) is 1. The van der Waals surface area contributed by atoms with Crippen LogP contribution in [0.1, 0.15) is 74.0 Å². The van der Waals surface area contributed by atoms with E-state index in [0.29, 0.717) is 25.4 Å². The Bertz CT molecular complexity index is 1160. The summed E-state index contributed by atoms with van der Waals surface area (Å²) in [6.07, 6.45) is 5.78. The molecule has 5 atom stereocenters. The molecule has 2 heterocycles. The van der Waals surface area contributed by atoms with E-state index in [2.05, 4.69) is 40.5 Å². The number of rotatable bonds is 4. The Labute approximate surface area is 237 Å². The maximum Gasteiger partial charge on any atom is 0.248 e. The molecule has 2 aromatic carbocycles. The minimum Gasteiger partial charge on any atom is -1.00 e. The van der Waals surface area contributed by atoms with Crippen LogP contribution >= 0.6 is 0 Å². The van der Waals surface area contributed by atoms with Crippen molar-refractivity contribution < 1.29 is 30.7 Å². The van der Waals surface area contributed by atoms with Crippen molar-refractivity contribution >= 4 is 5.91 Å². The average Bonchev–Trinajstić information content (AvgIpc) is 3.36. The predicted molar refractivity (Wildman–Crippen MR) is 145 cm³/mol. The lowest BCUT2D eigenvalue weighted by Crippen LogP contribution is -3.00. The molecule has 1 N–H and O–H groups in total. The molecule has 4 aliphatic rings. The van der Waals surface area contributed by atoms with E-state index in [9.17, 15) is 13.6 Å². The number of nitrogens with zero attached hydrogens (tertiary/aromatic N) is 1. The van der Waals surface area contributed by atoms with Gasteiger partial charge in [0.1, 0.15) is 5.75 Å². The summed E-state index contributed by atoms with van der Waals surface area (Å²) in [4.78, 5) is 16.6. The standard InChI is InChI=1S/C32H40F2N2O2.ClH/c1-38-29-13-5-12-26-25(29)11-7-15-31(26)21-35-20-27(31)30(37)36-17-14-23(22-8-3-2-4-9-22)18-28(36)24-10-6-16-32(33,34)19-24;/h2-5,8-9,12-13,23-24,27-28,35H,6-7,10-11,14-21H2,1H3;1H/p-1. The molecule has 3 fully saturated rings. The molecule has 2 aliphatic heterocycles. The van der Waals surface area contributed by atoms with Gasteiger partial charge in [0.25, 0.3) is 0 Å². The van der Waals surface area contributed by atoms with Crippen LogP contribution in [0.5, 0.6) is 5.75 Å². The van der Waals surface area contributed by atoms with E-state index in [1.54, 1.807) is 7.11 Å². The van der Waals surface area contributed by atoms with E-state index in [0.717, 1.165) is 50.8 Å². The first kappa shape index (κ1) is 28.4. The molecule has 2 aromatic rings. The zero-order chi connectivity index (χ0) is 26.3. The molecule has 2 aliphatic carbocycles. The quantitative estimate of drug-likeness (QED) is 0.628. The third kappa shape index (κ3) is 5.19. The number of likely N-dealkylation sites (tertiary alicyclic amines) is 1. The van der Waals surface area contributed by atoms with Gasteiger partial charge in [-0.25, -0.2) is 8.78 Å². The molecular formula is C32H40ClF2N2O2-. The minimum atomic E-state index is -2.63. The van der Waals surface area contributed by atoms with Crippen LogP contribution in [-0.2, 0) is 16.6 Å². The molecule has 0 bridgehead atoms. The zero-order valence-corrected chi connectivity index (χ0v) is 23.6. The fraction of sp³-hybridized carbons (Fsp3) is 0.594. The van der Waals surface area contributed by atoms with Gasteiger partial charge in [-0.15, -0.1) is 0 Å². The Morgan fingerprint density at radius 2 is 1.87 bits per heavy atom. The third-order valence-electron chi connectivity index (χ3n) is 10.1. The lowest BCUT2D eigenvalue weighted by atomic mass is 9.63. The summed E-state index contributed by atoms with van der Waals surface area (Å²) in [5.41, 5.74) is 3.47. The van der Waals surface area contributed by atoms with Crippen LogP contribution in [-0.4, -0.2) is 49.5 Å². The van der Waals surface area contributed by atoms with Gasteiger partial charge in [-0.3, -0.25) is 4.79 Å². The normalized spacial score (nSPS) is 31.8. The van der Waals surface area contributed by atoms with Crippen molar-refractivity contribution in [3.63, 3.8) is 0 Å². The summed E-state index contributed by atoms with van der Waals surface area (Å²) in [7, 11) is 1.72. The van der Waals surface area contributed by atoms with Gasteiger partial charge in [-0.05, 0) is 79.5 Å². The van der Waals surface area contributed by atoms with Gasteiger partial charge < -0.3 is 27.4 Å². The Morgan fingerprint density at radius 3 is 2.64 bits per heavy atom. The second kappa shape index (κ2) is 11.4. The topological polar surface area (TPSA) is 41.6 Å². The maximum absolute atomic E-state index is 14.7. The summed E-state index contributed by atoms with van der Waals surface area (Å²) in [5.74, 6) is -1.60. The summed E-state index contributed by atoms with van der Waals surface area (Å²) >= 11 is 0. The van der Waals surface area contributed by atoms with E-state index in [1.807, 2.05) is 18.2 Å². The summed E-state index contributed by atoms with van der Waals surface area (Å²) in [6, 6.07) is 16.5. The first-order chi connectivity index (χ1) is 18.4. The Morgan fingerprint density at radius 1 is 1.05 bits per heavy atom. The van der Waals surface area contributed by atoms with E-state index in [-0.39, 0.29) is 54.4 Å². The van der Waals surface area contributed by atoms with Crippen LogP contribution in [0.2, 0.25) is 0 Å². The second-order valence-electron chi connectivity index (χ2n) is 12.1. The first-order valence-electron chi connectivity index (χ1n) is 14.5. The number of methoxy groups -OCH3 is 1. The number of halogens is 3. The molecule has 0 radical (unpaired) electrons. The molecule has 2 saturated heterocycles. The van der Waals surface area contributed by atoms with Gasteiger partial charge >= 0.3 is 0 Å². The van der Waals surface area contributed by atoms with E-state index >= 15 is 0 Å². The van der Waals surface area contributed by atoms with Crippen LogP contribution in [0.3, 0.4) is 0 Å². The summed E-state index contributed by atoms with van der Waals surface area (Å²) in [6.45, 7) is 2.06. The smallest absolute Gasteiger partial charge is 0.248 e. The van der Waals surface area contributed by atoms with Gasteiger partial charge in [0.05, 0.1) is 13.0 Å². The molecule has 5 unspecified atom stereocenters. The van der Waals surface area contributed by atoms with Crippen LogP contribution in [0, 0.1) is 11.8 Å². The van der Waals surface area contributed by atoms with Crippen molar-refractivity contribution in [2.75, 3.05) is 26.7 Å². The van der Waals surface area contributed by atoms with Crippen LogP contribution in [0.25, 0.3) is 0 Å². The molecular weight excluding hydrogens is 518 g/mol. The number of fused-ring (bicyclic) bond motifs is 2. The monoisotopic (exact) mass is 557 g/mol. The average molecular weight is 558 g/mol. The van der Waals surface area contributed by atoms with E-state index in [4.69, 9.17) is 4.74 Å². The van der Waals surface area contributed by atoms with Gasteiger partial charge in [0.2, 0.25) is 11.8 Å². The lowest BCUT2D eigenvalue weighted by Gasteiger charge is -2.48. The number of benzene rings is 2. The molecule has 212 valence electrons. The van der Waals surface area contributed by atoms with E-state index in [1.165, 1.54) is 16.7 Å². The van der Waals surface area contributed by atoms with Gasteiger partial charge in [-0.1, -0.05) is 42.5 Å². The molecule has 0 aromatic heterocycles. The largest absolute Gasteiger partial charge is 1.00 e. The number of alkyl halides is 2. The molecule has 1 saturated carbocycles. The van der Waals surface area contributed by atoms with Gasteiger partial charge in [0, 0.05) is 43.9 Å². The Kier molecular flexibility index (Phi) is 8.26. The second-order valence-corrected chi connectivity index (χ2v) is 12.1.